The molecule has 0 saturated carbocycles. The molecule has 1 aromatic heterocycles. The van der Waals surface area contributed by atoms with Gasteiger partial charge in [-0.3, -0.25) is 5.10 Å². The molecule has 1 heterocycles. The summed E-state index contributed by atoms with van der Waals surface area (Å²) in [6.07, 6.45) is 0. The normalized spacial score (nSPS) is 12.0. The first-order chi connectivity index (χ1) is 8.79. The van der Waals surface area contributed by atoms with Gasteiger partial charge in [-0.15, -0.1) is 0 Å². The van der Waals surface area contributed by atoms with Crippen molar-refractivity contribution >= 4 is 16.0 Å². The predicted octanol–water partition coefficient (Wildman–Crippen LogP) is -0.354. The van der Waals surface area contributed by atoms with Crippen LogP contribution in [-0.2, 0) is 10.0 Å². The van der Waals surface area contributed by atoms with Gasteiger partial charge in [0.1, 0.15) is 4.90 Å². The second-order valence-electron chi connectivity index (χ2n) is 4.13. The van der Waals surface area contributed by atoms with E-state index in [-0.39, 0.29) is 17.1 Å². The van der Waals surface area contributed by atoms with E-state index < -0.39 is 21.7 Å². The molecule has 108 valence electrons. The Morgan fingerprint density at radius 1 is 1.53 bits per heavy atom. The van der Waals surface area contributed by atoms with Crippen molar-refractivity contribution in [3.63, 3.8) is 0 Å². The molecule has 19 heavy (non-hydrogen) atoms. The van der Waals surface area contributed by atoms with E-state index in [4.69, 9.17) is 5.11 Å². The molecule has 0 fully saturated rings. The molecule has 0 aliphatic carbocycles. The number of hydrogen-bond donors (Lipinski definition) is 3. The summed E-state index contributed by atoms with van der Waals surface area (Å²) >= 11 is 0. The first-order valence-corrected chi connectivity index (χ1v) is 7.24. The third-order valence-electron chi connectivity index (χ3n) is 2.69. The Morgan fingerprint density at radius 2 is 2.16 bits per heavy atom. The Balaban J connectivity index is 2.89. The minimum Gasteiger partial charge on any atom is -0.476 e. The molecule has 9 heteroatoms. The fraction of sp³-hybridized carbons (Fsp3) is 0.600. The molecule has 0 aromatic carbocycles. The number of sulfonamides is 1. The summed E-state index contributed by atoms with van der Waals surface area (Å²) in [4.78, 5) is 12.6. The van der Waals surface area contributed by atoms with Crippen molar-refractivity contribution in [1.82, 2.24) is 19.8 Å². The van der Waals surface area contributed by atoms with Crippen molar-refractivity contribution in [3.8, 4) is 0 Å². The first kappa shape index (κ1) is 15.6. The number of carboxylic acids is 1. The highest BCUT2D eigenvalue weighted by molar-refractivity contribution is 7.89. The first-order valence-electron chi connectivity index (χ1n) is 5.76. The molecule has 0 radical (unpaired) electrons. The molecule has 0 aliphatic rings. The zero-order valence-electron chi connectivity index (χ0n) is 11.1. The van der Waals surface area contributed by atoms with Gasteiger partial charge in [-0.05, 0) is 20.5 Å². The smallest absolute Gasteiger partial charge is 0.357 e. The van der Waals surface area contributed by atoms with Crippen LogP contribution in [0.4, 0.5) is 0 Å². The van der Waals surface area contributed by atoms with Gasteiger partial charge in [0.05, 0.1) is 5.69 Å². The van der Waals surface area contributed by atoms with Gasteiger partial charge in [-0.1, -0.05) is 6.92 Å². The molecule has 0 atom stereocenters. The van der Waals surface area contributed by atoms with Crippen LogP contribution in [0.5, 0.6) is 0 Å². The van der Waals surface area contributed by atoms with Gasteiger partial charge in [0.15, 0.2) is 5.69 Å². The lowest BCUT2D eigenvalue weighted by molar-refractivity contribution is 0.0686. The quantitative estimate of drug-likeness (QED) is 0.632. The van der Waals surface area contributed by atoms with Crippen LogP contribution in [-0.4, -0.2) is 61.3 Å². The third kappa shape index (κ3) is 3.75. The van der Waals surface area contributed by atoms with Gasteiger partial charge in [0, 0.05) is 13.1 Å². The number of aromatic carboxylic acids is 1. The molecule has 3 N–H and O–H groups in total. The minimum atomic E-state index is -3.88. The third-order valence-corrected chi connectivity index (χ3v) is 4.31. The van der Waals surface area contributed by atoms with Crippen LogP contribution in [0.2, 0.25) is 0 Å². The standard InChI is InChI=1S/C10H18N4O4S/c1-4-14(3)6-5-11-19(17,18)9-7(2)12-13-8(9)10(15)16/h11H,4-6H2,1-3H3,(H,12,13)(H,15,16). The van der Waals surface area contributed by atoms with Crippen LogP contribution >= 0.6 is 0 Å². The Bertz CT molecular complexity index is 552. The second-order valence-corrected chi connectivity index (χ2v) is 5.83. The molecular formula is C10H18N4O4S. The van der Waals surface area contributed by atoms with Gasteiger partial charge in [-0.25, -0.2) is 17.9 Å². The maximum absolute atomic E-state index is 12.1. The average molecular weight is 290 g/mol. The maximum atomic E-state index is 12.1. The van der Waals surface area contributed by atoms with Crippen molar-refractivity contribution < 1.29 is 18.3 Å². The fourth-order valence-corrected chi connectivity index (χ4v) is 2.83. The highest BCUT2D eigenvalue weighted by Gasteiger charge is 2.27. The fourth-order valence-electron chi connectivity index (χ4n) is 1.49. The Kier molecular flexibility index (Phi) is 5.04. The molecule has 0 spiro atoms. The summed E-state index contributed by atoms with van der Waals surface area (Å²) in [7, 11) is -2.02. The number of aromatic nitrogens is 2. The summed E-state index contributed by atoms with van der Waals surface area (Å²) in [5.74, 6) is -1.38. The Morgan fingerprint density at radius 3 is 2.68 bits per heavy atom. The summed E-state index contributed by atoms with van der Waals surface area (Å²) in [6, 6.07) is 0. The predicted molar refractivity (Wildman–Crippen MR) is 68.6 cm³/mol. The van der Waals surface area contributed by atoms with Gasteiger partial charge < -0.3 is 10.0 Å². The molecular weight excluding hydrogens is 272 g/mol. The number of aryl methyl sites for hydroxylation is 1. The topological polar surface area (TPSA) is 115 Å². The monoisotopic (exact) mass is 290 g/mol. The molecule has 0 bridgehead atoms. The number of aromatic amines is 1. The van der Waals surface area contributed by atoms with Crippen molar-refractivity contribution in [3.05, 3.63) is 11.4 Å². The summed E-state index contributed by atoms with van der Waals surface area (Å²) in [6.45, 7) is 4.96. The molecule has 0 unspecified atom stereocenters. The summed E-state index contributed by atoms with van der Waals surface area (Å²) < 4.78 is 26.5. The van der Waals surface area contributed by atoms with E-state index in [0.29, 0.717) is 6.54 Å². The number of nitrogens with zero attached hydrogens (tertiary/aromatic N) is 2. The average Bonchev–Trinajstić information content (AvgIpc) is 2.71. The van der Waals surface area contributed by atoms with E-state index in [1.54, 1.807) is 0 Å². The second kappa shape index (κ2) is 6.13. The largest absolute Gasteiger partial charge is 0.476 e. The van der Waals surface area contributed by atoms with Gasteiger partial charge in [-0.2, -0.15) is 5.10 Å². The number of H-pyrrole nitrogens is 1. The lowest BCUT2D eigenvalue weighted by Crippen LogP contribution is -2.33. The number of rotatable bonds is 7. The lowest BCUT2D eigenvalue weighted by atomic mass is 10.4. The van der Waals surface area contributed by atoms with Crippen molar-refractivity contribution in [2.45, 2.75) is 18.7 Å². The van der Waals surface area contributed by atoms with Crippen LogP contribution < -0.4 is 4.72 Å². The van der Waals surface area contributed by atoms with Crippen molar-refractivity contribution in [1.29, 1.82) is 0 Å². The molecule has 1 aromatic rings. The highest BCUT2D eigenvalue weighted by atomic mass is 32.2. The maximum Gasteiger partial charge on any atom is 0.357 e. The van der Waals surface area contributed by atoms with Crippen LogP contribution in [0.25, 0.3) is 0 Å². The van der Waals surface area contributed by atoms with Gasteiger partial charge >= 0.3 is 5.97 Å². The van der Waals surface area contributed by atoms with Crippen LogP contribution in [0.1, 0.15) is 23.1 Å². The minimum absolute atomic E-state index is 0.203. The van der Waals surface area contributed by atoms with E-state index in [9.17, 15) is 13.2 Å². The molecule has 8 nitrogen and oxygen atoms in total. The van der Waals surface area contributed by atoms with E-state index in [1.807, 2.05) is 18.9 Å². The number of nitrogens with one attached hydrogen (secondary N) is 2. The SMILES string of the molecule is CCN(C)CCNS(=O)(=O)c1c(C(=O)O)n[nH]c1C. The zero-order chi connectivity index (χ0) is 14.6. The number of carboxylic acid groups (broad SMARTS) is 1. The molecule has 0 aliphatic heterocycles. The highest BCUT2D eigenvalue weighted by Crippen LogP contribution is 2.17. The molecule has 0 saturated heterocycles. The molecule has 0 amide bonds. The number of likely N-dealkylation sites (N-methyl/N-ethyl adjacent to an activating group) is 1. The van der Waals surface area contributed by atoms with Crippen molar-refractivity contribution in [2.24, 2.45) is 0 Å². The zero-order valence-corrected chi connectivity index (χ0v) is 11.9. The Labute approximate surface area is 111 Å². The molecule has 1 rings (SSSR count). The number of hydrogen-bond acceptors (Lipinski definition) is 5. The van der Waals surface area contributed by atoms with E-state index in [2.05, 4.69) is 14.9 Å². The van der Waals surface area contributed by atoms with E-state index in [1.165, 1.54) is 6.92 Å². The van der Waals surface area contributed by atoms with E-state index in [0.717, 1.165) is 6.54 Å². The Hall–Kier alpha value is -1.45. The van der Waals surface area contributed by atoms with Crippen LogP contribution in [0.15, 0.2) is 4.90 Å². The summed E-state index contributed by atoms with van der Waals surface area (Å²) in [5.41, 5.74) is -0.289. The van der Waals surface area contributed by atoms with Gasteiger partial charge in [0.2, 0.25) is 10.0 Å². The van der Waals surface area contributed by atoms with Crippen LogP contribution in [0, 0.1) is 6.92 Å². The number of carbonyl (C=O) groups is 1. The summed E-state index contributed by atoms with van der Waals surface area (Å²) in [5, 5.41) is 14.8. The van der Waals surface area contributed by atoms with Crippen LogP contribution in [0.3, 0.4) is 0 Å². The van der Waals surface area contributed by atoms with Gasteiger partial charge in [0.25, 0.3) is 0 Å². The van der Waals surface area contributed by atoms with E-state index >= 15 is 0 Å². The lowest BCUT2D eigenvalue weighted by Gasteiger charge is -2.14. The van der Waals surface area contributed by atoms with Crippen molar-refractivity contribution in [2.75, 3.05) is 26.7 Å².